The molecule has 0 bridgehead atoms. The van der Waals surface area contributed by atoms with E-state index in [1.54, 1.807) is 16.4 Å². The van der Waals surface area contributed by atoms with Crippen LogP contribution in [0.3, 0.4) is 0 Å². The van der Waals surface area contributed by atoms with Crippen LogP contribution in [-0.4, -0.2) is 42.1 Å². The molecule has 2 N–H and O–H groups in total. The molecule has 10 heteroatoms. The summed E-state index contributed by atoms with van der Waals surface area (Å²) in [7, 11) is -3.20. The second-order valence-corrected chi connectivity index (χ2v) is 10.0. The molecular formula is C18H22N4O4S2. The average molecular weight is 423 g/mol. The molecule has 1 aliphatic carbocycles. The van der Waals surface area contributed by atoms with Gasteiger partial charge >= 0.3 is 6.03 Å². The second-order valence-electron chi connectivity index (χ2n) is 6.73. The summed E-state index contributed by atoms with van der Waals surface area (Å²) < 4.78 is 32.0. The van der Waals surface area contributed by atoms with E-state index < -0.39 is 16.1 Å². The summed E-state index contributed by atoms with van der Waals surface area (Å²) in [4.78, 5) is 17.7. The lowest BCUT2D eigenvalue weighted by Crippen LogP contribution is -2.37. The number of anilines is 2. The highest BCUT2D eigenvalue weighted by Gasteiger charge is 2.41. The van der Waals surface area contributed by atoms with Gasteiger partial charge in [0.15, 0.2) is 5.13 Å². The Morgan fingerprint density at radius 2 is 2.11 bits per heavy atom. The molecule has 4 rings (SSSR count). The number of nitrogens with zero attached hydrogens (tertiary/aromatic N) is 2. The molecule has 0 radical (unpaired) electrons. The van der Waals surface area contributed by atoms with E-state index >= 15 is 0 Å². The maximum atomic E-state index is 12.4. The number of rotatable bonds is 6. The van der Waals surface area contributed by atoms with Crippen LogP contribution in [0.15, 0.2) is 24.3 Å². The zero-order valence-corrected chi connectivity index (χ0v) is 17.1. The van der Waals surface area contributed by atoms with Gasteiger partial charge in [-0.15, -0.1) is 0 Å². The van der Waals surface area contributed by atoms with Crippen LogP contribution in [0.5, 0.6) is 5.75 Å². The van der Waals surface area contributed by atoms with Gasteiger partial charge in [0.2, 0.25) is 10.0 Å². The summed E-state index contributed by atoms with van der Waals surface area (Å²) in [5, 5.41) is 5.75. The normalized spacial score (nSPS) is 17.0. The highest BCUT2D eigenvalue weighted by molar-refractivity contribution is 7.90. The minimum Gasteiger partial charge on any atom is -0.492 e. The Morgan fingerprint density at radius 1 is 1.32 bits per heavy atom. The molecule has 1 aromatic carbocycles. The van der Waals surface area contributed by atoms with Gasteiger partial charge in [-0.1, -0.05) is 23.5 Å². The largest absolute Gasteiger partial charge is 0.492 e. The lowest BCUT2D eigenvalue weighted by Gasteiger charge is -2.25. The molecule has 0 unspecified atom stereocenters. The van der Waals surface area contributed by atoms with Crippen molar-refractivity contribution in [2.45, 2.75) is 38.0 Å². The first-order chi connectivity index (χ1) is 13.5. The van der Waals surface area contributed by atoms with E-state index in [1.165, 1.54) is 11.3 Å². The fourth-order valence-corrected chi connectivity index (χ4v) is 6.03. The molecule has 0 atom stereocenters. The van der Waals surface area contributed by atoms with Crippen molar-refractivity contribution in [2.24, 2.45) is 0 Å². The van der Waals surface area contributed by atoms with Crippen LogP contribution >= 0.6 is 11.3 Å². The van der Waals surface area contributed by atoms with Gasteiger partial charge in [-0.05, 0) is 31.9 Å². The standard InChI is InChI=1S/C18H22N4O4S2/c1-2-26-15-6-4-3-5-13(15)19-17(23)21-18-20-14-9-10-22(11-16(14)27-18)28(24,25)12-7-8-12/h3-6,12H,2,7-11H2,1H3,(H2,19,20,21,23). The van der Waals surface area contributed by atoms with Crippen LogP contribution in [0.25, 0.3) is 0 Å². The van der Waals surface area contributed by atoms with Gasteiger partial charge in [-0.3, -0.25) is 5.32 Å². The molecule has 1 aromatic heterocycles. The summed E-state index contributed by atoms with van der Waals surface area (Å²) in [5.41, 5.74) is 1.43. The summed E-state index contributed by atoms with van der Waals surface area (Å²) in [5.74, 6) is 0.597. The topological polar surface area (TPSA) is 101 Å². The molecule has 150 valence electrons. The quantitative estimate of drug-likeness (QED) is 0.745. The summed E-state index contributed by atoms with van der Waals surface area (Å²) in [6.45, 7) is 3.16. The van der Waals surface area contributed by atoms with Crippen LogP contribution in [0, 0.1) is 0 Å². The zero-order valence-electron chi connectivity index (χ0n) is 15.5. The zero-order chi connectivity index (χ0) is 19.7. The number of fused-ring (bicyclic) bond motifs is 1. The Kier molecular flexibility index (Phi) is 5.26. The maximum Gasteiger partial charge on any atom is 0.325 e. The van der Waals surface area contributed by atoms with Crippen LogP contribution in [0.2, 0.25) is 0 Å². The number of aromatic nitrogens is 1. The van der Waals surface area contributed by atoms with Crippen LogP contribution in [0.1, 0.15) is 30.3 Å². The monoisotopic (exact) mass is 422 g/mol. The van der Waals surface area contributed by atoms with Gasteiger partial charge in [0.05, 0.1) is 23.2 Å². The smallest absolute Gasteiger partial charge is 0.325 e. The molecule has 28 heavy (non-hydrogen) atoms. The fraction of sp³-hybridized carbons (Fsp3) is 0.444. The second kappa shape index (κ2) is 7.69. The number of ether oxygens (including phenoxy) is 1. The number of sulfonamides is 1. The first-order valence-electron chi connectivity index (χ1n) is 9.24. The van der Waals surface area contributed by atoms with E-state index in [0.29, 0.717) is 42.7 Å². The number of hydrogen-bond acceptors (Lipinski definition) is 6. The summed E-state index contributed by atoms with van der Waals surface area (Å²) in [6, 6.07) is 6.79. The predicted molar refractivity (Wildman–Crippen MR) is 108 cm³/mol. The number of carbonyl (C=O) groups excluding carboxylic acids is 1. The van der Waals surface area contributed by atoms with E-state index in [-0.39, 0.29) is 5.25 Å². The molecule has 1 saturated carbocycles. The van der Waals surface area contributed by atoms with Gasteiger partial charge in [0.1, 0.15) is 5.75 Å². The van der Waals surface area contributed by atoms with Gasteiger partial charge in [-0.2, -0.15) is 4.31 Å². The minimum atomic E-state index is -3.20. The van der Waals surface area contributed by atoms with Crippen molar-refractivity contribution >= 4 is 38.2 Å². The van der Waals surface area contributed by atoms with E-state index in [0.717, 1.165) is 23.4 Å². The Balaban J connectivity index is 1.42. The average Bonchev–Trinajstić information content (AvgIpc) is 3.44. The van der Waals surface area contributed by atoms with Crippen molar-refractivity contribution in [3.8, 4) is 5.75 Å². The van der Waals surface area contributed by atoms with Crippen molar-refractivity contribution in [3.63, 3.8) is 0 Å². The maximum absolute atomic E-state index is 12.4. The number of nitrogens with one attached hydrogen (secondary N) is 2. The number of benzene rings is 1. The molecule has 8 nitrogen and oxygen atoms in total. The number of carbonyl (C=O) groups is 1. The van der Waals surface area contributed by atoms with Crippen molar-refractivity contribution in [1.29, 1.82) is 0 Å². The molecule has 0 spiro atoms. The Bertz CT molecular complexity index is 985. The van der Waals surface area contributed by atoms with Gasteiger partial charge in [0, 0.05) is 24.4 Å². The first kappa shape index (κ1) is 19.2. The molecule has 2 aromatic rings. The van der Waals surface area contributed by atoms with E-state index in [2.05, 4.69) is 15.6 Å². The Hall–Kier alpha value is -2.17. The van der Waals surface area contributed by atoms with Gasteiger partial charge in [-0.25, -0.2) is 18.2 Å². The third-order valence-electron chi connectivity index (χ3n) is 4.66. The highest BCUT2D eigenvalue weighted by Crippen LogP contribution is 2.35. The van der Waals surface area contributed by atoms with Crippen LogP contribution < -0.4 is 15.4 Å². The molecule has 0 saturated heterocycles. The van der Waals surface area contributed by atoms with Gasteiger partial charge in [0.25, 0.3) is 0 Å². The van der Waals surface area contributed by atoms with Crippen LogP contribution in [-0.2, 0) is 23.0 Å². The Labute approximate surface area is 168 Å². The first-order valence-corrected chi connectivity index (χ1v) is 11.6. The van der Waals surface area contributed by atoms with Gasteiger partial charge < -0.3 is 10.1 Å². The summed E-state index contributed by atoms with van der Waals surface area (Å²) in [6.07, 6.45) is 2.07. The third-order valence-corrected chi connectivity index (χ3v) is 8.00. The number of urea groups is 1. The van der Waals surface area contributed by atoms with Crippen molar-refractivity contribution < 1.29 is 17.9 Å². The molecule has 2 amide bonds. The molecular weight excluding hydrogens is 400 g/mol. The molecule has 1 aliphatic heterocycles. The SMILES string of the molecule is CCOc1ccccc1NC(=O)Nc1nc2c(s1)CN(S(=O)(=O)C1CC1)CC2. The molecule has 2 aliphatic rings. The van der Waals surface area contributed by atoms with E-state index in [1.807, 2.05) is 19.1 Å². The van der Waals surface area contributed by atoms with E-state index in [9.17, 15) is 13.2 Å². The summed E-state index contributed by atoms with van der Waals surface area (Å²) >= 11 is 1.32. The highest BCUT2D eigenvalue weighted by atomic mass is 32.2. The van der Waals surface area contributed by atoms with Crippen LogP contribution in [0.4, 0.5) is 15.6 Å². The predicted octanol–water partition coefficient (Wildman–Crippen LogP) is 3.04. The van der Waals surface area contributed by atoms with Crippen molar-refractivity contribution in [2.75, 3.05) is 23.8 Å². The lowest BCUT2D eigenvalue weighted by atomic mass is 10.2. The fourth-order valence-electron chi connectivity index (χ4n) is 3.12. The molecule has 2 heterocycles. The lowest BCUT2D eigenvalue weighted by molar-refractivity contribution is 0.262. The van der Waals surface area contributed by atoms with Crippen molar-refractivity contribution in [3.05, 3.63) is 34.8 Å². The third kappa shape index (κ3) is 3.98. The Morgan fingerprint density at radius 3 is 2.86 bits per heavy atom. The number of para-hydroxylation sites is 2. The minimum absolute atomic E-state index is 0.212. The number of thiazole rings is 1. The van der Waals surface area contributed by atoms with E-state index in [4.69, 9.17) is 4.74 Å². The molecule has 1 fully saturated rings. The number of amides is 2. The number of hydrogen-bond donors (Lipinski definition) is 2. The van der Waals surface area contributed by atoms with Crippen molar-refractivity contribution in [1.82, 2.24) is 9.29 Å².